The molecule has 1 atom stereocenters. The number of carbonyl (C=O) groups is 3. The van der Waals surface area contributed by atoms with Gasteiger partial charge in [-0.2, -0.15) is 0 Å². The normalized spacial score (nSPS) is 18.6. The van der Waals surface area contributed by atoms with Crippen LogP contribution in [0, 0.1) is 11.6 Å². The number of nitrogens with zero attached hydrogens (tertiary/aromatic N) is 1. The van der Waals surface area contributed by atoms with Gasteiger partial charge >= 0.3 is 0 Å². The van der Waals surface area contributed by atoms with Crippen molar-refractivity contribution in [3.05, 3.63) is 70.4 Å². The van der Waals surface area contributed by atoms with E-state index in [1.54, 1.807) is 0 Å². The van der Waals surface area contributed by atoms with Gasteiger partial charge in [0.1, 0.15) is 22.6 Å². The molecule has 0 aromatic heterocycles. The maximum Gasteiger partial charge on any atom is 0.264 e. The molecule has 2 heterocycles. The first-order valence-electron chi connectivity index (χ1n) is 9.17. The molecule has 166 valence electrons. The summed E-state index contributed by atoms with van der Waals surface area (Å²) in [5.41, 5.74) is 0.169. The zero-order valence-corrected chi connectivity index (χ0v) is 17.7. The second-order valence-corrected chi connectivity index (χ2v) is 9.25. The highest BCUT2D eigenvalue weighted by atomic mass is 35.5. The van der Waals surface area contributed by atoms with Crippen LogP contribution in [0.25, 0.3) is 0 Å². The minimum atomic E-state index is -4.59. The Morgan fingerprint density at radius 1 is 1.06 bits per heavy atom. The summed E-state index contributed by atoms with van der Waals surface area (Å²) in [6.07, 6.45) is 0.592. The summed E-state index contributed by atoms with van der Waals surface area (Å²) in [4.78, 5) is 37.7. The number of hydrogen-bond acceptors (Lipinski definition) is 5. The molecule has 8 nitrogen and oxygen atoms in total. The lowest BCUT2D eigenvalue weighted by atomic mass is 10.0. The molecule has 0 spiro atoms. The third-order valence-corrected chi connectivity index (χ3v) is 6.75. The Labute approximate surface area is 185 Å². The van der Waals surface area contributed by atoms with Crippen molar-refractivity contribution in [2.75, 3.05) is 4.72 Å². The molecule has 1 saturated heterocycles. The number of nitrogens with one attached hydrogen (secondary N) is 2. The topological polar surface area (TPSA) is 113 Å². The van der Waals surface area contributed by atoms with Crippen LogP contribution < -0.4 is 10.0 Å². The number of benzene rings is 2. The molecule has 0 bridgehead atoms. The van der Waals surface area contributed by atoms with E-state index < -0.39 is 55.3 Å². The van der Waals surface area contributed by atoms with Crippen LogP contribution in [-0.4, -0.2) is 37.1 Å². The van der Waals surface area contributed by atoms with Gasteiger partial charge in [0.15, 0.2) is 0 Å². The largest absolute Gasteiger partial charge is 0.329 e. The van der Waals surface area contributed by atoms with Crippen LogP contribution in [0.2, 0.25) is 5.02 Å². The third-order valence-electron chi connectivity index (χ3n) is 5.07. The van der Waals surface area contributed by atoms with Crippen LogP contribution in [0.5, 0.6) is 0 Å². The maximum atomic E-state index is 14.1. The summed E-state index contributed by atoms with van der Waals surface area (Å²) in [6, 6.07) is 3.43. The maximum absolute atomic E-state index is 14.1. The van der Waals surface area contributed by atoms with Gasteiger partial charge in [-0.15, -0.1) is 0 Å². The highest BCUT2D eigenvalue weighted by Gasteiger charge is 2.44. The second-order valence-electron chi connectivity index (χ2n) is 7.19. The summed E-state index contributed by atoms with van der Waals surface area (Å²) in [6.45, 7) is 3.65. The summed E-state index contributed by atoms with van der Waals surface area (Å²) in [5, 5.41) is 1.92. The van der Waals surface area contributed by atoms with Crippen molar-refractivity contribution in [3.63, 3.8) is 0 Å². The van der Waals surface area contributed by atoms with Gasteiger partial charge in [-0.3, -0.25) is 24.0 Å². The molecule has 2 aliphatic rings. The Morgan fingerprint density at radius 2 is 1.75 bits per heavy atom. The molecule has 2 aromatic rings. The molecule has 32 heavy (non-hydrogen) atoms. The first-order chi connectivity index (χ1) is 15.0. The molecule has 0 saturated carbocycles. The monoisotopic (exact) mass is 481 g/mol. The molecule has 0 aliphatic carbocycles. The number of sulfonamides is 1. The summed E-state index contributed by atoms with van der Waals surface area (Å²) in [5.74, 6) is -4.42. The summed E-state index contributed by atoms with van der Waals surface area (Å²) < 4.78 is 54.8. The Balaban J connectivity index is 1.64. The van der Waals surface area contributed by atoms with Gasteiger partial charge in [-0.25, -0.2) is 17.2 Å². The van der Waals surface area contributed by atoms with E-state index in [1.807, 2.05) is 4.72 Å². The minimum Gasteiger partial charge on any atom is -0.329 e. The van der Waals surface area contributed by atoms with Crippen LogP contribution in [0.3, 0.4) is 0 Å². The van der Waals surface area contributed by atoms with E-state index in [1.165, 1.54) is 12.1 Å². The lowest BCUT2D eigenvalue weighted by Gasteiger charge is -2.29. The second kappa shape index (κ2) is 7.68. The fraction of sp³-hybridized carbons (Fsp3) is 0.150. The number of fused-ring (bicyclic) bond motifs is 1. The zero-order chi connectivity index (χ0) is 23.4. The van der Waals surface area contributed by atoms with Crippen LogP contribution in [0.15, 0.2) is 47.5 Å². The lowest BCUT2D eigenvalue weighted by molar-refractivity contribution is -0.125. The smallest absolute Gasteiger partial charge is 0.264 e. The molecule has 0 radical (unpaired) electrons. The third kappa shape index (κ3) is 3.63. The van der Waals surface area contributed by atoms with E-state index in [0.717, 1.165) is 11.0 Å². The SMILES string of the molecule is C=C1CCC(N2C(=O)c3ccc(NS(=O)(=O)c4cc(F)c(Cl)cc4F)cc3C2=O)C(=O)N1. The number of amides is 3. The number of allylic oxidation sites excluding steroid dienone is 1. The molecule has 4 rings (SSSR count). The summed E-state index contributed by atoms with van der Waals surface area (Å²) in [7, 11) is -4.59. The summed E-state index contributed by atoms with van der Waals surface area (Å²) >= 11 is 5.45. The molecule has 1 fully saturated rings. The number of piperidine rings is 1. The number of carbonyl (C=O) groups excluding carboxylic acids is 3. The molecule has 2 aromatic carbocycles. The highest BCUT2D eigenvalue weighted by molar-refractivity contribution is 7.92. The fourth-order valence-corrected chi connectivity index (χ4v) is 4.81. The molecule has 2 aliphatic heterocycles. The molecule has 12 heteroatoms. The van der Waals surface area contributed by atoms with Gasteiger partial charge in [0.2, 0.25) is 5.91 Å². The van der Waals surface area contributed by atoms with Crippen LogP contribution in [0.4, 0.5) is 14.5 Å². The van der Waals surface area contributed by atoms with Gasteiger partial charge in [0.05, 0.1) is 16.1 Å². The van der Waals surface area contributed by atoms with Gasteiger partial charge < -0.3 is 5.32 Å². The number of anilines is 1. The average molecular weight is 482 g/mol. The van der Waals surface area contributed by atoms with Crippen LogP contribution in [0.1, 0.15) is 33.6 Å². The Morgan fingerprint density at radius 3 is 2.44 bits per heavy atom. The van der Waals surface area contributed by atoms with Crippen LogP contribution >= 0.6 is 11.6 Å². The predicted molar refractivity (Wildman–Crippen MR) is 109 cm³/mol. The number of hydrogen-bond donors (Lipinski definition) is 2. The lowest BCUT2D eigenvalue weighted by Crippen LogP contribution is -2.51. The molecular weight excluding hydrogens is 468 g/mol. The van der Waals surface area contributed by atoms with Gasteiger partial charge in [0.25, 0.3) is 21.8 Å². The Bertz CT molecular complexity index is 1330. The van der Waals surface area contributed by atoms with E-state index in [9.17, 15) is 31.6 Å². The first kappa shape index (κ1) is 21.9. The van der Waals surface area contributed by atoms with E-state index in [2.05, 4.69) is 11.9 Å². The predicted octanol–water partition coefficient (Wildman–Crippen LogP) is 2.81. The number of imide groups is 1. The fourth-order valence-electron chi connectivity index (χ4n) is 3.53. The van der Waals surface area contributed by atoms with Gasteiger partial charge in [-0.1, -0.05) is 18.2 Å². The minimum absolute atomic E-state index is 0.0149. The average Bonchev–Trinajstić information content (AvgIpc) is 2.95. The zero-order valence-electron chi connectivity index (χ0n) is 16.1. The molecule has 3 amide bonds. The van der Waals surface area contributed by atoms with Crippen molar-refractivity contribution in [2.45, 2.75) is 23.8 Å². The van der Waals surface area contributed by atoms with E-state index in [-0.39, 0.29) is 23.2 Å². The van der Waals surface area contributed by atoms with Crippen molar-refractivity contribution in [2.24, 2.45) is 0 Å². The van der Waals surface area contributed by atoms with Crippen molar-refractivity contribution >= 4 is 45.0 Å². The standard InChI is InChI=1S/C20H14ClF2N3O5S/c1-9-2-5-16(18(27)24-9)26-19(28)11-4-3-10(6-12(11)20(26)29)25-32(30,31)17-8-14(22)13(21)7-15(17)23/h3-4,6-8,16,25H,1-2,5H2,(H,24,27). The number of halogens is 3. The van der Waals surface area contributed by atoms with Crippen LogP contribution in [-0.2, 0) is 14.8 Å². The molecule has 2 N–H and O–H groups in total. The first-order valence-corrected chi connectivity index (χ1v) is 11.0. The molecule has 1 unspecified atom stereocenters. The quantitative estimate of drug-likeness (QED) is 0.515. The van der Waals surface area contributed by atoms with Crippen molar-refractivity contribution < 1.29 is 31.6 Å². The highest BCUT2D eigenvalue weighted by Crippen LogP contribution is 2.31. The Kier molecular flexibility index (Phi) is 5.25. The van der Waals surface area contributed by atoms with E-state index >= 15 is 0 Å². The van der Waals surface area contributed by atoms with E-state index in [0.29, 0.717) is 24.3 Å². The van der Waals surface area contributed by atoms with E-state index in [4.69, 9.17) is 11.6 Å². The van der Waals surface area contributed by atoms with Crippen molar-refractivity contribution in [3.8, 4) is 0 Å². The Hall–Kier alpha value is -3.31. The van der Waals surface area contributed by atoms with Gasteiger partial charge in [-0.05, 0) is 43.2 Å². The van der Waals surface area contributed by atoms with Crippen molar-refractivity contribution in [1.82, 2.24) is 10.2 Å². The van der Waals surface area contributed by atoms with Gasteiger partial charge in [0, 0.05) is 11.4 Å². The molecular formula is C20H14ClF2N3O5S. The van der Waals surface area contributed by atoms with Crippen molar-refractivity contribution in [1.29, 1.82) is 0 Å². The number of rotatable bonds is 4.